The Labute approximate surface area is 98.3 Å². The van der Waals surface area contributed by atoms with Gasteiger partial charge in [0, 0.05) is 24.3 Å². The molecule has 0 saturated heterocycles. The molecule has 0 radical (unpaired) electrons. The maximum Gasteiger partial charge on any atom is 0.150 e. The van der Waals surface area contributed by atoms with E-state index in [1.807, 2.05) is 24.3 Å². The van der Waals surface area contributed by atoms with Crippen LogP contribution in [0.15, 0.2) is 24.3 Å². The second kappa shape index (κ2) is 7.04. The molecule has 0 amide bonds. The van der Waals surface area contributed by atoms with Crippen LogP contribution in [-0.4, -0.2) is 19.4 Å². The van der Waals surface area contributed by atoms with Gasteiger partial charge in [0.25, 0.3) is 0 Å². The fraction of sp³-hybridized carbons (Fsp3) is 0.500. The van der Waals surface area contributed by atoms with E-state index in [1.165, 1.54) is 18.5 Å². The van der Waals surface area contributed by atoms with Crippen molar-refractivity contribution < 1.29 is 4.79 Å². The Bertz CT molecular complexity index is 305. The minimum atomic E-state index is 0.746. The highest BCUT2D eigenvalue weighted by Crippen LogP contribution is 2.15. The van der Waals surface area contributed by atoms with Crippen LogP contribution < -0.4 is 4.90 Å². The number of unbranched alkanes of at least 4 members (excludes halogenated alkanes) is 1. The Kier molecular flexibility index (Phi) is 5.62. The summed E-state index contributed by atoms with van der Waals surface area (Å²) in [7, 11) is 0. The summed E-state index contributed by atoms with van der Waals surface area (Å²) < 4.78 is 0. The average molecular weight is 219 g/mol. The van der Waals surface area contributed by atoms with Crippen LogP contribution >= 0.6 is 0 Å². The lowest BCUT2D eigenvalue weighted by molar-refractivity contribution is 0.112. The molecule has 0 atom stereocenters. The summed E-state index contributed by atoms with van der Waals surface area (Å²) in [4.78, 5) is 13.0. The van der Waals surface area contributed by atoms with Gasteiger partial charge in [0.2, 0.25) is 0 Å². The van der Waals surface area contributed by atoms with Gasteiger partial charge < -0.3 is 4.90 Å². The highest BCUT2D eigenvalue weighted by molar-refractivity contribution is 5.75. The topological polar surface area (TPSA) is 20.3 Å². The highest BCUT2D eigenvalue weighted by Gasteiger charge is 2.04. The summed E-state index contributed by atoms with van der Waals surface area (Å²) in [6.07, 6.45) is 4.47. The number of anilines is 1. The van der Waals surface area contributed by atoms with Gasteiger partial charge in [-0.1, -0.05) is 20.3 Å². The second-order valence-electron chi connectivity index (χ2n) is 4.05. The molecule has 0 unspecified atom stereocenters. The third-order valence-electron chi connectivity index (χ3n) is 2.67. The summed E-state index contributed by atoms with van der Waals surface area (Å²) in [5.74, 6) is 0. The first-order valence-corrected chi connectivity index (χ1v) is 6.12. The van der Waals surface area contributed by atoms with Crippen molar-refractivity contribution >= 4 is 12.0 Å². The summed E-state index contributed by atoms with van der Waals surface area (Å²) in [6.45, 7) is 6.59. The van der Waals surface area contributed by atoms with Crippen molar-refractivity contribution in [2.24, 2.45) is 0 Å². The van der Waals surface area contributed by atoms with Gasteiger partial charge in [0.05, 0.1) is 0 Å². The van der Waals surface area contributed by atoms with E-state index in [4.69, 9.17) is 0 Å². The Morgan fingerprint density at radius 2 is 1.75 bits per heavy atom. The predicted molar refractivity (Wildman–Crippen MR) is 69.2 cm³/mol. The Hall–Kier alpha value is -1.31. The number of carbonyl (C=O) groups is 1. The number of hydrogen-bond donors (Lipinski definition) is 0. The van der Waals surface area contributed by atoms with Gasteiger partial charge in [0.1, 0.15) is 6.29 Å². The molecule has 1 aromatic rings. The first-order valence-electron chi connectivity index (χ1n) is 6.12. The molecule has 0 bridgehead atoms. The molecule has 1 aromatic carbocycles. The molecule has 0 aromatic heterocycles. The highest BCUT2D eigenvalue weighted by atomic mass is 16.1. The molecule has 2 heteroatoms. The Balaban J connectivity index is 2.70. The lowest BCUT2D eigenvalue weighted by atomic mass is 10.2. The molecule has 88 valence electrons. The van der Waals surface area contributed by atoms with E-state index in [2.05, 4.69) is 18.7 Å². The molecule has 0 N–H and O–H groups in total. The summed E-state index contributed by atoms with van der Waals surface area (Å²) in [6, 6.07) is 7.85. The Morgan fingerprint density at radius 3 is 2.25 bits per heavy atom. The van der Waals surface area contributed by atoms with E-state index in [0.29, 0.717) is 0 Å². The third kappa shape index (κ3) is 3.69. The molecule has 2 nitrogen and oxygen atoms in total. The van der Waals surface area contributed by atoms with E-state index < -0.39 is 0 Å². The van der Waals surface area contributed by atoms with Crippen LogP contribution in [0.1, 0.15) is 43.5 Å². The van der Waals surface area contributed by atoms with Crippen LogP contribution in [-0.2, 0) is 0 Å². The number of hydrogen-bond acceptors (Lipinski definition) is 2. The van der Waals surface area contributed by atoms with Crippen molar-refractivity contribution in [3.8, 4) is 0 Å². The van der Waals surface area contributed by atoms with Crippen molar-refractivity contribution in [2.75, 3.05) is 18.0 Å². The van der Waals surface area contributed by atoms with Crippen LogP contribution in [0.3, 0.4) is 0 Å². The van der Waals surface area contributed by atoms with Crippen molar-refractivity contribution in [3.05, 3.63) is 29.8 Å². The van der Waals surface area contributed by atoms with Crippen LogP contribution in [0.25, 0.3) is 0 Å². The number of nitrogens with zero attached hydrogens (tertiary/aromatic N) is 1. The summed E-state index contributed by atoms with van der Waals surface area (Å²) in [5, 5.41) is 0. The zero-order chi connectivity index (χ0) is 11.8. The zero-order valence-corrected chi connectivity index (χ0v) is 10.3. The lowest BCUT2D eigenvalue weighted by Gasteiger charge is -2.24. The first-order chi connectivity index (χ1) is 7.81. The lowest BCUT2D eigenvalue weighted by Crippen LogP contribution is -2.25. The first kappa shape index (κ1) is 12.8. The van der Waals surface area contributed by atoms with E-state index in [0.717, 1.165) is 31.4 Å². The van der Waals surface area contributed by atoms with Crippen LogP contribution in [0.4, 0.5) is 5.69 Å². The smallest absolute Gasteiger partial charge is 0.150 e. The SMILES string of the molecule is CCCCN(CCC)c1ccc(C=O)cc1. The fourth-order valence-corrected chi connectivity index (χ4v) is 1.75. The minimum Gasteiger partial charge on any atom is -0.372 e. The van der Waals surface area contributed by atoms with Gasteiger partial charge in [-0.15, -0.1) is 0 Å². The molecule has 1 rings (SSSR count). The second-order valence-corrected chi connectivity index (χ2v) is 4.05. The quantitative estimate of drug-likeness (QED) is 0.654. The molecule has 0 aliphatic heterocycles. The number of benzene rings is 1. The maximum absolute atomic E-state index is 10.6. The monoisotopic (exact) mass is 219 g/mol. The van der Waals surface area contributed by atoms with Crippen LogP contribution in [0.2, 0.25) is 0 Å². The molecular weight excluding hydrogens is 198 g/mol. The number of aldehydes is 1. The minimum absolute atomic E-state index is 0.746. The number of carbonyl (C=O) groups excluding carboxylic acids is 1. The van der Waals surface area contributed by atoms with Crippen LogP contribution in [0.5, 0.6) is 0 Å². The van der Waals surface area contributed by atoms with Gasteiger partial charge in [-0.2, -0.15) is 0 Å². The largest absolute Gasteiger partial charge is 0.372 e. The van der Waals surface area contributed by atoms with Gasteiger partial charge >= 0.3 is 0 Å². The molecule has 0 aliphatic carbocycles. The van der Waals surface area contributed by atoms with Gasteiger partial charge in [0.15, 0.2) is 0 Å². The molecule has 0 spiro atoms. The third-order valence-corrected chi connectivity index (χ3v) is 2.67. The predicted octanol–water partition coefficient (Wildman–Crippen LogP) is 3.52. The standard InChI is InChI=1S/C14H21NO/c1-3-5-11-15(10-4-2)14-8-6-13(12-16)7-9-14/h6-9,12H,3-5,10-11H2,1-2H3. The fourth-order valence-electron chi connectivity index (χ4n) is 1.75. The van der Waals surface area contributed by atoms with Crippen molar-refractivity contribution in [3.63, 3.8) is 0 Å². The average Bonchev–Trinajstić information content (AvgIpc) is 2.35. The van der Waals surface area contributed by atoms with E-state index in [1.54, 1.807) is 0 Å². The van der Waals surface area contributed by atoms with E-state index >= 15 is 0 Å². The summed E-state index contributed by atoms with van der Waals surface area (Å²) in [5.41, 5.74) is 1.97. The van der Waals surface area contributed by atoms with E-state index in [-0.39, 0.29) is 0 Å². The molecule has 0 fully saturated rings. The Morgan fingerprint density at radius 1 is 1.06 bits per heavy atom. The van der Waals surface area contributed by atoms with Crippen molar-refractivity contribution in [1.82, 2.24) is 0 Å². The normalized spacial score (nSPS) is 10.1. The van der Waals surface area contributed by atoms with Crippen molar-refractivity contribution in [1.29, 1.82) is 0 Å². The molecule has 0 saturated carbocycles. The van der Waals surface area contributed by atoms with E-state index in [9.17, 15) is 4.79 Å². The van der Waals surface area contributed by atoms with Crippen LogP contribution in [0, 0.1) is 0 Å². The van der Waals surface area contributed by atoms with Gasteiger partial charge in [-0.3, -0.25) is 4.79 Å². The molecule has 0 heterocycles. The zero-order valence-electron chi connectivity index (χ0n) is 10.3. The maximum atomic E-state index is 10.6. The molecular formula is C14H21NO. The molecule has 16 heavy (non-hydrogen) atoms. The summed E-state index contributed by atoms with van der Waals surface area (Å²) >= 11 is 0. The number of rotatable bonds is 7. The molecule has 0 aliphatic rings. The van der Waals surface area contributed by atoms with Gasteiger partial charge in [-0.25, -0.2) is 0 Å². The van der Waals surface area contributed by atoms with Crippen molar-refractivity contribution in [2.45, 2.75) is 33.1 Å². The van der Waals surface area contributed by atoms with Gasteiger partial charge in [-0.05, 0) is 37.1 Å².